The summed E-state index contributed by atoms with van der Waals surface area (Å²) in [4.78, 5) is 12.1. The van der Waals surface area contributed by atoms with Gasteiger partial charge in [-0.1, -0.05) is 35.3 Å². The van der Waals surface area contributed by atoms with E-state index in [2.05, 4.69) is 4.72 Å². The first-order valence-electron chi connectivity index (χ1n) is 7.95. The van der Waals surface area contributed by atoms with Gasteiger partial charge in [-0.25, -0.2) is 8.42 Å². The summed E-state index contributed by atoms with van der Waals surface area (Å²) < 4.78 is 32.2. The van der Waals surface area contributed by atoms with Crippen LogP contribution in [0, 0.1) is 11.3 Å². The molecular weight excluding hydrogens is 427 g/mol. The number of hydrogen-bond acceptors (Lipinski definition) is 6. The van der Waals surface area contributed by atoms with Crippen LogP contribution in [-0.4, -0.2) is 31.6 Å². The molecule has 2 aromatic carbocycles. The minimum absolute atomic E-state index is 0.0260. The summed E-state index contributed by atoms with van der Waals surface area (Å²) >= 11 is 11.6. The maximum absolute atomic E-state index is 12.5. The number of esters is 1. The molecule has 0 spiro atoms. The number of nitrogens with zero attached hydrogens (tertiary/aromatic N) is 1. The molecule has 0 aliphatic carbocycles. The monoisotopic (exact) mass is 442 g/mol. The van der Waals surface area contributed by atoms with Crippen LogP contribution in [0.3, 0.4) is 0 Å². The van der Waals surface area contributed by atoms with Crippen molar-refractivity contribution in [3.8, 4) is 6.07 Å². The summed E-state index contributed by atoms with van der Waals surface area (Å²) in [7, 11) is -4.18. The second-order valence-electron chi connectivity index (χ2n) is 5.84. The lowest BCUT2D eigenvalue weighted by Crippen LogP contribution is -2.48. The Labute approximate surface area is 172 Å². The number of nitrogens with one attached hydrogen (secondary N) is 1. The summed E-state index contributed by atoms with van der Waals surface area (Å²) in [6.45, 7) is 1.06. The number of ether oxygens (including phenoxy) is 1. The Bertz CT molecular complexity index is 1020. The van der Waals surface area contributed by atoms with Crippen LogP contribution >= 0.6 is 23.2 Å². The second-order valence-corrected chi connectivity index (χ2v) is 8.36. The molecule has 2 unspecified atom stereocenters. The Balaban J connectivity index is 2.14. The highest BCUT2D eigenvalue weighted by atomic mass is 35.5. The van der Waals surface area contributed by atoms with Gasteiger partial charge >= 0.3 is 5.97 Å². The van der Waals surface area contributed by atoms with Crippen LogP contribution in [0.25, 0.3) is 0 Å². The van der Waals surface area contributed by atoms with Crippen molar-refractivity contribution in [1.82, 2.24) is 4.72 Å². The smallest absolute Gasteiger partial charge is 0.327 e. The first kappa shape index (κ1) is 22.1. The van der Waals surface area contributed by atoms with Crippen molar-refractivity contribution in [2.75, 3.05) is 0 Å². The van der Waals surface area contributed by atoms with Crippen molar-refractivity contribution in [3.63, 3.8) is 0 Å². The largest absolute Gasteiger partial charge is 0.460 e. The van der Waals surface area contributed by atoms with Gasteiger partial charge in [0.05, 0.1) is 32.7 Å². The number of benzene rings is 2. The fourth-order valence-corrected chi connectivity index (χ4v) is 3.84. The standard InChI is InChI=1S/C18H16Cl2N2O5S/c1-11(23)17(18(24)27-10-13-4-2-3-12(7-13)9-21)22-28(25,26)14-5-6-15(19)16(20)8-14/h2-8,11,17,22-23H,10H2,1H3. The lowest BCUT2D eigenvalue weighted by Gasteiger charge is -2.20. The van der Waals surface area contributed by atoms with Crippen LogP contribution in [0.4, 0.5) is 0 Å². The van der Waals surface area contributed by atoms with E-state index >= 15 is 0 Å². The highest BCUT2D eigenvalue weighted by Gasteiger charge is 2.31. The van der Waals surface area contributed by atoms with Gasteiger partial charge in [0.1, 0.15) is 12.6 Å². The fraction of sp³-hybridized carbons (Fsp3) is 0.222. The number of sulfonamides is 1. The maximum atomic E-state index is 12.5. The van der Waals surface area contributed by atoms with Gasteiger partial charge in [-0.3, -0.25) is 4.79 Å². The van der Waals surface area contributed by atoms with Crippen LogP contribution in [0.15, 0.2) is 47.4 Å². The van der Waals surface area contributed by atoms with Gasteiger partial charge in [0.25, 0.3) is 0 Å². The Hall–Kier alpha value is -2.15. The summed E-state index contributed by atoms with van der Waals surface area (Å²) in [5, 5.41) is 18.9. The van der Waals surface area contributed by atoms with E-state index in [1.54, 1.807) is 18.2 Å². The van der Waals surface area contributed by atoms with Crippen LogP contribution in [0.5, 0.6) is 0 Å². The molecule has 0 amide bonds. The molecule has 2 aromatic rings. The lowest BCUT2D eigenvalue weighted by molar-refractivity contribution is -0.149. The fourth-order valence-electron chi connectivity index (χ4n) is 2.20. The van der Waals surface area contributed by atoms with Crippen LogP contribution in [-0.2, 0) is 26.2 Å². The number of carbonyl (C=O) groups is 1. The molecule has 0 radical (unpaired) electrons. The average Bonchev–Trinajstić information content (AvgIpc) is 2.66. The molecule has 2 rings (SSSR count). The summed E-state index contributed by atoms with van der Waals surface area (Å²) in [6, 6.07) is 10.5. The molecule has 0 aliphatic rings. The quantitative estimate of drug-likeness (QED) is 0.636. The average molecular weight is 443 g/mol. The zero-order valence-corrected chi connectivity index (χ0v) is 16.9. The van der Waals surface area contributed by atoms with Gasteiger partial charge in [-0.15, -0.1) is 0 Å². The Morgan fingerprint density at radius 3 is 2.57 bits per heavy atom. The molecule has 2 N–H and O–H groups in total. The molecule has 0 fully saturated rings. The van der Waals surface area contributed by atoms with E-state index in [4.69, 9.17) is 33.2 Å². The van der Waals surface area contributed by atoms with E-state index in [1.807, 2.05) is 6.07 Å². The maximum Gasteiger partial charge on any atom is 0.327 e. The van der Waals surface area contributed by atoms with Crippen molar-refractivity contribution in [1.29, 1.82) is 5.26 Å². The van der Waals surface area contributed by atoms with E-state index in [1.165, 1.54) is 25.1 Å². The molecule has 0 bridgehead atoms. The highest BCUT2D eigenvalue weighted by molar-refractivity contribution is 7.89. The van der Waals surface area contributed by atoms with Crippen LogP contribution < -0.4 is 4.72 Å². The number of aliphatic hydroxyl groups is 1. The molecule has 0 aliphatic heterocycles. The first-order valence-corrected chi connectivity index (χ1v) is 10.2. The van der Waals surface area contributed by atoms with E-state index < -0.39 is 28.1 Å². The molecule has 10 heteroatoms. The zero-order chi connectivity index (χ0) is 20.9. The zero-order valence-electron chi connectivity index (χ0n) is 14.6. The van der Waals surface area contributed by atoms with Gasteiger partial charge in [-0.05, 0) is 42.8 Å². The van der Waals surface area contributed by atoms with Crippen molar-refractivity contribution in [2.24, 2.45) is 0 Å². The molecule has 28 heavy (non-hydrogen) atoms. The molecule has 0 aromatic heterocycles. The van der Waals surface area contributed by atoms with E-state index in [9.17, 15) is 18.3 Å². The van der Waals surface area contributed by atoms with E-state index in [0.717, 1.165) is 6.07 Å². The van der Waals surface area contributed by atoms with Gasteiger partial charge in [0.2, 0.25) is 10.0 Å². The van der Waals surface area contributed by atoms with Crippen LogP contribution in [0.1, 0.15) is 18.1 Å². The topological polar surface area (TPSA) is 116 Å². The van der Waals surface area contributed by atoms with E-state index in [-0.39, 0.29) is 21.5 Å². The van der Waals surface area contributed by atoms with Gasteiger partial charge < -0.3 is 9.84 Å². The first-order chi connectivity index (χ1) is 13.1. The molecule has 0 saturated carbocycles. The summed E-state index contributed by atoms with van der Waals surface area (Å²) in [5.74, 6) is -0.971. The summed E-state index contributed by atoms with van der Waals surface area (Å²) in [5.41, 5.74) is 0.935. The third-order valence-corrected chi connectivity index (χ3v) is 5.83. The molecule has 7 nitrogen and oxygen atoms in total. The number of aliphatic hydroxyl groups excluding tert-OH is 1. The van der Waals surface area contributed by atoms with Crippen molar-refractivity contribution in [3.05, 3.63) is 63.6 Å². The normalized spacial score (nSPS) is 13.4. The van der Waals surface area contributed by atoms with Gasteiger partial charge in [0.15, 0.2) is 0 Å². The number of carbonyl (C=O) groups excluding carboxylic acids is 1. The van der Waals surface area contributed by atoms with Crippen molar-refractivity contribution >= 4 is 39.2 Å². The molecule has 148 valence electrons. The predicted molar refractivity (Wildman–Crippen MR) is 103 cm³/mol. The number of hydrogen-bond donors (Lipinski definition) is 2. The van der Waals surface area contributed by atoms with E-state index in [0.29, 0.717) is 11.1 Å². The summed E-state index contributed by atoms with van der Waals surface area (Å²) in [6.07, 6.45) is -1.37. The van der Waals surface area contributed by atoms with Gasteiger partial charge in [-0.2, -0.15) is 9.98 Å². The SMILES string of the molecule is CC(O)C(NS(=O)(=O)c1ccc(Cl)c(Cl)c1)C(=O)OCc1cccc(C#N)c1. The van der Waals surface area contributed by atoms with Gasteiger partial charge in [0, 0.05) is 0 Å². The molecular formula is C18H16Cl2N2O5S. The minimum atomic E-state index is -4.18. The highest BCUT2D eigenvalue weighted by Crippen LogP contribution is 2.25. The van der Waals surface area contributed by atoms with Crippen molar-refractivity contribution in [2.45, 2.75) is 30.6 Å². The third-order valence-electron chi connectivity index (χ3n) is 3.66. The Morgan fingerprint density at radius 1 is 1.25 bits per heavy atom. The predicted octanol–water partition coefficient (Wildman–Crippen LogP) is 2.64. The minimum Gasteiger partial charge on any atom is -0.460 e. The second kappa shape index (κ2) is 9.37. The Morgan fingerprint density at radius 2 is 1.96 bits per heavy atom. The lowest BCUT2D eigenvalue weighted by atomic mass is 10.1. The number of nitriles is 1. The molecule has 0 heterocycles. The third kappa shape index (κ3) is 5.67. The molecule has 2 atom stereocenters. The number of halogens is 2. The van der Waals surface area contributed by atoms with Crippen LogP contribution in [0.2, 0.25) is 10.0 Å². The Kier molecular flexibility index (Phi) is 7.41. The number of rotatable bonds is 7. The molecule has 0 saturated heterocycles. The van der Waals surface area contributed by atoms with Crippen molar-refractivity contribution < 1.29 is 23.1 Å².